The van der Waals surface area contributed by atoms with Gasteiger partial charge in [0.25, 0.3) is 0 Å². The Bertz CT molecular complexity index is 1270. The largest absolute Gasteiger partial charge is 0.168 e. The van der Waals surface area contributed by atoms with Gasteiger partial charge < -0.3 is 0 Å². The molecule has 0 heterocycles. The van der Waals surface area contributed by atoms with Gasteiger partial charge in [-0.1, -0.05) is 101 Å². The fourth-order valence-electron chi connectivity index (χ4n) is 4.66. The van der Waals surface area contributed by atoms with Crippen molar-refractivity contribution < 1.29 is 20.8 Å². The van der Waals surface area contributed by atoms with E-state index in [1.165, 1.54) is 88.7 Å². The second-order valence-corrected chi connectivity index (χ2v) is 14.4. The van der Waals surface area contributed by atoms with Crippen LogP contribution in [0, 0.1) is 0 Å². The summed E-state index contributed by atoms with van der Waals surface area (Å²) in [4.78, 5) is 0. The average molecular weight is 653 g/mol. The SMILES string of the molecule is CCCCCCc1cc2c(-c3ccc(CCC)cc3)cccc2[cH-]1.C[Si]C.[Cl][Zr+2][Cl].c1ccc2[cH-]ccc2c1. The molecule has 2 radical (unpaired) electrons. The molecule has 0 bridgehead atoms. The van der Waals surface area contributed by atoms with Crippen LogP contribution in [-0.2, 0) is 33.7 Å². The zero-order valence-electron chi connectivity index (χ0n) is 23.9. The summed E-state index contributed by atoms with van der Waals surface area (Å²) in [6.07, 6.45) is 8.91. The second kappa shape index (κ2) is 20.4. The molecule has 5 aromatic rings. The molecule has 0 aromatic heterocycles. The molecular formula is C35H42Cl2SiZr. The zero-order chi connectivity index (χ0) is 28.3. The molecule has 0 nitrogen and oxygen atoms in total. The molecule has 4 heteroatoms. The van der Waals surface area contributed by atoms with Gasteiger partial charge in [-0.15, -0.1) is 64.2 Å². The summed E-state index contributed by atoms with van der Waals surface area (Å²) in [5.41, 5.74) is 5.64. The molecule has 0 unspecified atom stereocenters. The van der Waals surface area contributed by atoms with Crippen molar-refractivity contribution in [3.63, 3.8) is 0 Å². The van der Waals surface area contributed by atoms with Crippen molar-refractivity contribution in [2.24, 2.45) is 0 Å². The first-order valence-corrected chi connectivity index (χ1v) is 22.4. The van der Waals surface area contributed by atoms with Crippen LogP contribution in [0.5, 0.6) is 0 Å². The minimum atomic E-state index is -0.826. The average Bonchev–Trinajstić information content (AvgIpc) is 3.60. The molecule has 0 N–H and O–H groups in total. The molecule has 0 amide bonds. The molecule has 39 heavy (non-hydrogen) atoms. The number of unbranched alkanes of at least 4 members (excludes halogenated alkanes) is 3. The maximum Gasteiger partial charge on any atom is -0.0809 e. The van der Waals surface area contributed by atoms with E-state index < -0.39 is 20.8 Å². The Morgan fingerprint density at radius 2 is 1.44 bits per heavy atom. The Balaban J connectivity index is 0.000000290. The molecule has 0 saturated carbocycles. The van der Waals surface area contributed by atoms with Crippen molar-refractivity contribution >= 4 is 48.1 Å². The predicted molar refractivity (Wildman–Crippen MR) is 176 cm³/mol. The van der Waals surface area contributed by atoms with Gasteiger partial charge in [0.1, 0.15) is 0 Å². The van der Waals surface area contributed by atoms with Crippen molar-refractivity contribution in [3.8, 4) is 11.1 Å². The number of hydrogen-bond donors (Lipinski definition) is 0. The minimum Gasteiger partial charge on any atom is -0.168 e. The Hall–Kier alpha value is -1.44. The van der Waals surface area contributed by atoms with Crippen LogP contribution in [0.15, 0.2) is 97.1 Å². The third-order valence-electron chi connectivity index (χ3n) is 6.48. The van der Waals surface area contributed by atoms with E-state index in [4.69, 9.17) is 17.0 Å². The molecule has 0 aliphatic rings. The third-order valence-corrected chi connectivity index (χ3v) is 6.48. The number of hydrogen-bond acceptors (Lipinski definition) is 0. The van der Waals surface area contributed by atoms with Gasteiger partial charge in [0, 0.05) is 9.52 Å². The number of fused-ring (bicyclic) bond motifs is 2. The summed E-state index contributed by atoms with van der Waals surface area (Å²) >= 11 is -0.826. The van der Waals surface area contributed by atoms with E-state index in [9.17, 15) is 0 Å². The first-order valence-electron chi connectivity index (χ1n) is 14.0. The topological polar surface area (TPSA) is 0 Å². The van der Waals surface area contributed by atoms with Gasteiger partial charge in [0.15, 0.2) is 0 Å². The van der Waals surface area contributed by atoms with Gasteiger partial charge in [-0.25, -0.2) is 0 Å². The van der Waals surface area contributed by atoms with Crippen molar-refractivity contribution in [2.75, 3.05) is 0 Å². The molecule has 5 rings (SSSR count). The zero-order valence-corrected chi connectivity index (χ0v) is 28.9. The van der Waals surface area contributed by atoms with Crippen molar-refractivity contribution in [2.45, 2.75) is 71.9 Å². The van der Waals surface area contributed by atoms with E-state index >= 15 is 0 Å². The smallest absolute Gasteiger partial charge is 0.0809 e. The molecule has 0 fully saturated rings. The summed E-state index contributed by atoms with van der Waals surface area (Å²) in [5.74, 6) is 0. The van der Waals surface area contributed by atoms with Crippen LogP contribution in [0.1, 0.15) is 57.1 Å². The van der Waals surface area contributed by atoms with Crippen LogP contribution in [-0.4, -0.2) is 9.52 Å². The van der Waals surface area contributed by atoms with Crippen LogP contribution in [0.4, 0.5) is 0 Å². The summed E-state index contributed by atoms with van der Waals surface area (Å²) < 4.78 is 0. The maximum atomic E-state index is 4.93. The Morgan fingerprint density at radius 1 is 0.744 bits per heavy atom. The summed E-state index contributed by atoms with van der Waals surface area (Å²) in [5, 5.41) is 5.46. The van der Waals surface area contributed by atoms with Crippen molar-refractivity contribution in [1.29, 1.82) is 0 Å². The van der Waals surface area contributed by atoms with Crippen LogP contribution in [0.25, 0.3) is 32.7 Å². The molecule has 0 saturated heterocycles. The van der Waals surface area contributed by atoms with Crippen molar-refractivity contribution in [3.05, 3.63) is 108 Å². The standard InChI is InChI=1S/C24H29.C9H7.C2H6Si.2ClH.Zr/c1-3-5-6-7-10-20-17-22-11-8-12-23(24(22)18-20)21-15-13-19(9-4-2)14-16-21;1-2-5-9-7-3-6-8(9)4-1;1-3-2;;;/h8,11-18H,3-7,9-10H2,1-2H3;1-7H;1-2H3;2*1H;/q2*-1;;;;+4/p-2. The van der Waals surface area contributed by atoms with Crippen LogP contribution >= 0.6 is 17.0 Å². The van der Waals surface area contributed by atoms with E-state index in [0.717, 1.165) is 9.52 Å². The summed E-state index contributed by atoms with van der Waals surface area (Å²) in [6.45, 7) is 8.82. The molecular weight excluding hydrogens is 611 g/mol. The third kappa shape index (κ3) is 11.9. The number of rotatable bonds is 8. The summed E-state index contributed by atoms with van der Waals surface area (Å²) in [7, 11) is 11.0. The molecule has 204 valence electrons. The first-order chi connectivity index (χ1) is 19.1. The van der Waals surface area contributed by atoms with Gasteiger partial charge >= 0.3 is 37.9 Å². The van der Waals surface area contributed by atoms with E-state index in [-0.39, 0.29) is 0 Å². The van der Waals surface area contributed by atoms with Gasteiger partial charge in [-0.05, 0) is 24.0 Å². The van der Waals surface area contributed by atoms with Gasteiger partial charge in [0.05, 0.1) is 0 Å². The number of halogens is 2. The molecule has 5 aromatic carbocycles. The van der Waals surface area contributed by atoms with Crippen LogP contribution < -0.4 is 0 Å². The van der Waals surface area contributed by atoms with Gasteiger partial charge in [-0.2, -0.15) is 23.6 Å². The molecule has 0 spiro atoms. The van der Waals surface area contributed by atoms with Crippen LogP contribution in [0.2, 0.25) is 13.1 Å². The number of aryl methyl sites for hydroxylation is 2. The fourth-order valence-corrected chi connectivity index (χ4v) is 4.66. The maximum absolute atomic E-state index is 4.93. The predicted octanol–water partition coefficient (Wildman–Crippen LogP) is 12.0. The second-order valence-electron chi connectivity index (χ2n) is 9.66. The quantitative estimate of drug-likeness (QED) is 0.0889. The monoisotopic (exact) mass is 650 g/mol. The number of benzene rings is 3. The van der Waals surface area contributed by atoms with E-state index in [0.29, 0.717) is 0 Å². The Morgan fingerprint density at radius 3 is 2.10 bits per heavy atom. The van der Waals surface area contributed by atoms with E-state index in [2.05, 4.69) is 124 Å². The van der Waals surface area contributed by atoms with E-state index in [1.54, 1.807) is 0 Å². The van der Waals surface area contributed by atoms with E-state index in [1.807, 2.05) is 0 Å². The van der Waals surface area contributed by atoms with Gasteiger partial charge in [0.2, 0.25) is 0 Å². The van der Waals surface area contributed by atoms with Crippen LogP contribution in [0.3, 0.4) is 0 Å². The Labute approximate surface area is 258 Å². The molecule has 0 atom stereocenters. The molecule has 0 aliphatic carbocycles. The van der Waals surface area contributed by atoms with Gasteiger partial charge in [-0.3, -0.25) is 0 Å². The summed E-state index contributed by atoms with van der Waals surface area (Å²) in [6, 6.07) is 35.3. The fraction of sp³-hybridized carbons (Fsp3) is 0.314. The Kier molecular flexibility index (Phi) is 17.7. The minimum absolute atomic E-state index is 0.826. The normalized spacial score (nSPS) is 10.0. The van der Waals surface area contributed by atoms with Crippen molar-refractivity contribution in [1.82, 2.24) is 0 Å². The first kappa shape index (κ1) is 33.8. The molecule has 0 aliphatic heterocycles.